The van der Waals surface area contributed by atoms with Gasteiger partial charge in [0.25, 0.3) is 0 Å². The molecular weight excluding hydrogens is 312 g/mol. The van der Waals surface area contributed by atoms with Gasteiger partial charge in [0.2, 0.25) is 0 Å². The van der Waals surface area contributed by atoms with E-state index in [0.29, 0.717) is 13.1 Å². The van der Waals surface area contributed by atoms with Gasteiger partial charge in [-0.3, -0.25) is 4.98 Å². The summed E-state index contributed by atoms with van der Waals surface area (Å²) in [5.74, 6) is 1.87. The fourth-order valence-electron chi connectivity index (χ4n) is 2.87. The molecule has 1 aliphatic rings. The monoisotopic (exact) mass is 338 g/mol. The fraction of sp³-hybridized carbons (Fsp3) is 0.421. The predicted octanol–water partition coefficient (Wildman–Crippen LogP) is 2.33. The number of nitrogens with zero attached hydrogens (tertiary/aromatic N) is 4. The maximum atomic E-state index is 4.69. The molecule has 0 amide bonds. The van der Waals surface area contributed by atoms with Crippen LogP contribution >= 0.6 is 0 Å². The van der Waals surface area contributed by atoms with E-state index >= 15 is 0 Å². The first-order chi connectivity index (χ1) is 12.3. The molecular formula is C19H26N6. The smallest absolute Gasteiger partial charge is 0.191 e. The summed E-state index contributed by atoms with van der Waals surface area (Å²) in [5.41, 5.74) is 2.17. The first kappa shape index (κ1) is 17.2. The van der Waals surface area contributed by atoms with E-state index in [-0.39, 0.29) is 0 Å². The summed E-state index contributed by atoms with van der Waals surface area (Å²) in [6, 6.07) is 10.1. The molecule has 6 nitrogen and oxygen atoms in total. The molecule has 0 atom stereocenters. The van der Waals surface area contributed by atoms with Crippen LogP contribution in [-0.2, 0) is 13.1 Å². The Balaban J connectivity index is 1.61. The average Bonchev–Trinajstić information content (AvgIpc) is 3.20. The van der Waals surface area contributed by atoms with Gasteiger partial charge >= 0.3 is 0 Å². The minimum Gasteiger partial charge on any atom is -0.357 e. The summed E-state index contributed by atoms with van der Waals surface area (Å²) >= 11 is 0. The molecule has 0 bridgehead atoms. The van der Waals surface area contributed by atoms with E-state index in [1.807, 2.05) is 30.5 Å². The zero-order chi connectivity index (χ0) is 17.3. The molecule has 6 heteroatoms. The zero-order valence-electron chi connectivity index (χ0n) is 14.8. The van der Waals surface area contributed by atoms with Gasteiger partial charge in [0, 0.05) is 32.0 Å². The third-order valence-electron chi connectivity index (χ3n) is 4.17. The van der Waals surface area contributed by atoms with Gasteiger partial charge in [-0.05, 0) is 49.6 Å². The Bertz CT molecular complexity index is 679. The SMILES string of the molecule is CCNC(=NCc1ccnc(N2CCCC2)c1)NCc1ccccn1. The minimum absolute atomic E-state index is 0.626. The van der Waals surface area contributed by atoms with Crippen molar-refractivity contribution in [2.24, 2.45) is 4.99 Å². The number of anilines is 1. The highest BCUT2D eigenvalue weighted by atomic mass is 15.2. The Morgan fingerprint density at radius 3 is 2.76 bits per heavy atom. The van der Waals surface area contributed by atoms with Crippen LogP contribution in [0.5, 0.6) is 0 Å². The number of guanidine groups is 1. The summed E-state index contributed by atoms with van der Waals surface area (Å²) in [4.78, 5) is 15.9. The second-order valence-corrected chi connectivity index (χ2v) is 6.09. The lowest BCUT2D eigenvalue weighted by Gasteiger charge is -2.16. The zero-order valence-corrected chi connectivity index (χ0v) is 14.8. The van der Waals surface area contributed by atoms with Crippen molar-refractivity contribution >= 4 is 11.8 Å². The summed E-state index contributed by atoms with van der Waals surface area (Å²) in [5, 5.41) is 6.61. The molecule has 0 spiro atoms. The van der Waals surface area contributed by atoms with Crippen LogP contribution in [0.2, 0.25) is 0 Å². The lowest BCUT2D eigenvalue weighted by Crippen LogP contribution is -2.37. The van der Waals surface area contributed by atoms with E-state index in [2.05, 4.69) is 43.5 Å². The Morgan fingerprint density at radius 1 is 1.12 bits per heavy atom. The highest BCUT2D eigenvalue weighted by Gasteiger charge is 2.13. The van der Waals surface area contributed by atoms with Crippen molar-refractivity contribution in [3.63, 3.8) is 0 Å². The van der Waals surface area contributed by atoms with Crippen LogP contribution in [0.25, 0.3) is 0 Å². The number of hydrogen-bond donors (Lipinski definition) is 2. The number of aliphatic imine (C=N–C) groups is 1. The number of pyridine rings is 2. The first-order valence-electron chi connectivity index (χ1n) is 8.97. The van der Waals surface area contributed by atoms with Crippen LogP contribution in [0.1, 0.15) is 31.0 Å². The molecule has 2 aromatic heterocycles. The molecule has 0 radical (unpaired) electrons. The topological polar surface area (TPSA) is 65.4 Å². The number of aromatic nitrogens is 2. The first-order valence-corrected chi connectivity index (χ1v) is 8.97. The molecule has 25 heavy (non-hydrogen) atoms. The van der Waals surface area contributed by atoms with Crippen molar-refractivity contribution in [2.75, 3.05) is 24.5 Å². The Kier molecular flexibility index (Phi) is 6.20. The van der Waals surface area contributed by atoms with Crippen LogP contribution in [-0.4, -0.2) is 35.6 Å². The molecule has 132 valence electrons. The Morgan fingerprint density at radius 2 is 2.00 bits per heavy atom. The maximum absolute atomic E-state index is 4.69. The molecule has 0 aliphatic carbocycles. The standard InChI is InChI=1S/C19H26N6/c1-2-20-19(24-15-17-7-3-4-9-21-17)23-14-16-8-10-22-18(13-16)25-11-5-6-12-25/h3-4,7-10,13H,2,5-6,11-12,14-15H2,1H3,(H2,20,23,24). The minimum atomic E-state index is 0.626. The van der Waals surface area contributed by atoms with Crippen LogP contribution in [0, 0.1) is 0 Å². The summed E-state index contributed by atoms with van der Waals surface area (Å²) in [6.07, 6.45) is 6.20. The molecule has 0 unspecified atom stereocenters. The molecule has 1 aliphatic heterocycles. The van der Waals surface area contributed by atoms with E-state index in [4.69, 9.17) is 0 Å². The average molecular weight is 338 g/mol. The van der Waals surface area contributed by atoms with Crippen molar-refractivity contribution in [1.82, 2.24) is 20.6 Å². The van der Waals surface area contributed by atoms with Gasteiger partial charge in [-0.1, -0.05) is 6.07 Å². The number of nitrogens with one attached hydrogen (secondary N) is 2. The Labute approximate surface area is 149 Å². The van der Waals surface area contributed by atoms with Gasteiger partial charge in [-0.15, -0.1) is 0 Å². The summed E-state index contributed by atoms with van der Waals surface area (Å²) in [6.45, 7) is 6.38. The third kappa shape index (κ3) is 5.17. The van der Waals surface area contributed by atoms with Crippen LogP contribution in [0.15, 0.2) is 47.7 Å². The van der Waals surface area contributed by atoms with E-state index in [1.54, 1.807) is 6.20 Å². The van der Waals surface area contributed by atoms with Crippen molar-refractivity contribution in [3.05, 3.63) is 54.0 Å². The lowest BCUT2D eigenvalue weighted by molar-refractivity contribution is 0.799. The molecule has 2 aromatic rings. The predicted molar refractivity (Wildman–Crippen MR) is 102 cm³/mol. The van der Waals surface area contributed by atoms with Crippen LogP contribution in [0.4, 0.5) is 5.82 Å². The normalized spacial score (nSPS) is 14.6. The van der Waals surface area contributed by atoms with Gasteiger partial charge in [0.1, 0.15) is 5.82 Å². The van der Waals surface area contributed by atoms with E-state index < -0.39 is 0 Å². The van der Waals surface area contributed by atoms with Gasteiger partial charge in [0.15, 0.2) is 5.96 Å². The highest BCUT2D eigenvalue weighted by Crippen LogP contribution is 2.18. The lowest BCUT2D eigenvalue weighted by atomic mass is 10.2. The van der Waals surface area contributed by atoms with Crippen LogP contribution < -0.4 is 15.5 Å². The van der Waals surface area contributed by atoms with Gasteiger partial charge in [-0.2, -0.15) is 0 Å². The third-order valence-corrected chi connectivity index (χ3v) is 4.17. The molecule has 0 saturated carbocycles. The van der Waals surface area contributed by atoms with E-state index in [1.165, 1.54) is 18.4 Å². The molecule has 1 fully saturated rings. The van der Waals surface area contributed by atoms with Crippen molar-refractivity contribution < 1.29 is 0 Å². The fourth-order valence-corrected chi connectivity index (χ4v) is 2.87. The molecule has 3 heterocycles. The molecule has 1 saturated heterocycles. The van der Waals surface area contributed by atoms with Crippen molar-refractivity contribution in [3.8, 4) is 0 Å². The molecule has 0 aromatic carbocycles. The summed E-state index contributed by atoms with van der Waals surface area (Å²) < 4.78 is 0. The number of rotatable bonds is 6. The second kappa shape index (κ2) is 9.01. The van der Waals surface area contributed by atoms with Gasteiger partial charge < -0.3 is 15.5 Å². The largest absolute Gasteiger partial charge is 0.357 e. The highest BCUT2D eigenvalue weighted by molar-refractivity contribution is 5.79. The maximum Gasteiger partial charge on any atom is 0.191 e. The summed E-state index contributed by atoms with van der Waals surface area (Å²) in [7, 11) is 0. The van der Waals surface area contributed by atoms with E-state index in [9.17, 15) is 0 Å². The van der Waals surface area contributed by atoms with Crippen molar-refractivity contribution in [2.45, 2.75) is 32.9 Å². The number of hydrogen-bond acceptors (Lipinski definition) is 4. The molecule has 3 rings (SSSR count). The van der Waals surface area contributed by atoms with E-state index in [0.717, 1.165) is 37.1 Å². The second-order valence-electron chi connectivity index (χ2n) is 6.09. The molecule has 2 N–H and O–H groups in total. The van der Waals surface area contributed by atoms with Crippen molar-refractivity contribution in [1.29, 1.82) is 0 Å². The van der Waals surface area contributed by atoms with Gasteiger partial charge in [0.05, 0.1) is 18.8 Å². The quantitative estimate of drug-likeness (QED) is 0.625. The van der Waals surface area contributed by atoms with Crippen LogP contribution in [0.3, 0.4) is 0 Å². The Hall–Kier alpha value is -2.63. The van der Waals surface area contributed by atoms with Gasteiger partial charge in [-0.25, -0.2) is 9.98 Å².